The van der Waals surface area contributed by atoms with E-state index in [4.69, 9.17) is 14.7 Å². The molecule has 1 aliphatic heterocycles. The van der Waals surface area contributed by atoms with Gasteiger partial charge in [-0.3, -0.25) is 0 Å². The Kier molecular flexibility index (Phi) is 4.08. The summed E-state index contributed by atoms with van der Waals surface area (Å²) in [6.45, 7) is 1.02. The van der Waals surface area contributed by atoms with E-state index in [0.29, 0.717) is 11.5 Å². The van der Waals surface area contributed by atoms with E-state index >= 15 is 0 Å². The summed E-state index contributed by atoms with van der Waals surface area (Å²) in [4.78, 5) is 16.1. The summed E-state index contributed by atoms with van der Waals surface area (Å²) in [5, 5.41) is 12.7. The van der Waals surface area contributed by atoms with Crippen LogP contribution in [0.25, 0.3) is 0 Å². The molecule has 1 aromatic carbocycles. The lowest BCUT2D eigenvalue weighted by molar-refractivity contribution is -0.129. The van der Waals surface area contributed by atoms with Gasteiger partial charge in [-0.15, -0.1) is 0 Å². The van der Waals surface area contributed by atoms with E-state index in [0.717, 1.165) is 17.9 Å². The van der Waals surface area contributed by atoms with Crippen LogP contribution in [-0.2, 0) is 16.2 Å². The Hall–Kier alpha value is -2.04. The van der Waals surface area contributed by atoms with Crippen molar-refractivity contribution in [1.29, 1.82) is 0 Å². The molecule has 2 aliphatic rings. The third-order valence-electron chi connectivity index (χ3n) is 4.12. The van der Waals surface area contributed by atoms with Gasteiger partial charge >= 0.3 is 5.97 Å². The fourth-order valence-electron chi connectivity index (χ4n) is 2.95. The fraction of sp³-hybridized carbons (Fsp3) is 0.500. The summed E-state index contributed by atoms with van der Waals surface area (Å²) >= 11 is 0. The molecule has 0 saturated heterocycles. The third-order valence-corrected chi connectivity index (χ3v) is 4.12. The maximum Gasteiger partial charge on any atom is 0.358 e. The van der Waals surface area contributed by atoms with E-state index in [1.54, 1.807) is 6.07 Å². The zero-order valence-corrected chi connectivity index (χ0v) is 11.9. The molecule has 0 bridgehead atoms. The Morgan fingerprint density at radius 1 is 1.33 bits per heavy atom. The minimum absolute atomic E-state index is 0.0462. The molecule has 0 aromatic heterocycles. The smallest absolute Gasteiger partial charge is 0.358 e. The van der Waals surface area contributed by atoms with Crippen LogP contribution in [0.2, 0.25) is 0 Å². The number of fused-ring (bicyclic) bond motifs is 1. The lowest BCUT2D eigenvalue weighted by atomic mass is 9.90. The zero-order valence-electron chi connectivity index (χ0n) is 11.9. The number of ether oxygens (including phenoxy) is 1. The van der Waals surface area contributed by atoms with Gasteiger partial charge in [-0.25, -0.2) is 4.79 Å². The number of aliphatic carboxylic acids is 1. The molecule has 21 heavy (non-hydrogen) atoms. The second-order valence-electron chi connectivity index (χ2n) is 5.65. The van der Waals surface area contributed by atoms with Gasteiger partial charge in [0.25, 0.3) is 0 Å². The molecule has 1 saturated carbocycles. The summed E-state index contributed by atoms with van der Waals surface area (Å²) < 4.78 is 5.86. The van der Waals surface area contributed by atoms with E-state index in [1.807, 2.05) is 12.1 Å². The Morgan fingerprint density at radius 3 is 2.90 bits per heavy atom. The second kappa shape index (κ2) is 6.16. The second-order valence-corrected chi connectivity index (χ2v) is 5.65. The van der Waals surface area contributed by atoms with Gasteiger partial charge in [-0.1, -0.05) is 24.4 Å². The quantitative estimate of drug-likeness (QED) is 0.925. The molecule has 1 fully saturated rings. The van der Waals surface area contributed by atoms with Crippen molar-refractivity contribution in [2.24, 2.45) is 11.1 Å². The molecular formula is C16H19NO4. The number of carboxylic acid groups (broad SMARTS) is 1. The molecule has 3 rings (SSSR count). The summed E-state index contributed by atoms with van der Waals surface area (Å²) in [7, 11) is 0. The third kappa shape index (κ3) is 3.17. The Morgan fingerprint density at radius 2 is 2.14 bits per heavy atom. The van der Waals surface area contributed by atoms with Crippen molar-refractivity contribution in [3.8, 4) is 5.75 Å². The summed E-state index contributed by atoms with van der Waals surface area (Å²) in [6.07, 6.45) is 6.41. The van der Waals surface area contributed by atoms with Crippen molar-refractivity contribution in [2.75, 3.05) is 6.61 Å². The lowest BCUT2D eigenvalue weighted by Gasteiger charge is -2.22. The highest BCUT2D eigenvalue weighted by Crippen LogP contribution is 2.26. The van der Waals surface area contributed by atoms with E-state index in [-0.39, 0.29) is 12.3 Å². The van der Waals surface area contributed by atoms with E-state index in [1.165, 1.54) is 32.1 Å². The van der Waals surface area contributed by atoms with Crippen molar-refractivity contribution in [1.82, 2.24) is 0 Å². The van der Waals surface area contributed by atoms with Crippen LogP contribution in [0.3, 0.4) is 0 Å². The molecule has 1 aliphatic carbocycles. The molecule has 0 radical (unpaired) electrons. The number of carbonyl (C=O) groups is 1. The van der Waals surface area contributed by atoms with E-state index < -0.39 is 5.97 Å². The van der Waals surface area contributed by atoms with Crippen molar-refractivity contribution < 1.29 is 19.5 Å². The van der Waals surface area contributed by atoms with Crippen LogP contribution in [0, 0.1) is 5.92 Å². The van der Waals surface area contributed by atoms with Gasteiger partial charge in [0.15, 0.2) is 5.71 Å². The Labute approximate surface area is 123 Å². The molecule has 1 N–H and O–H groups in total. The molecular weight excluding hydrogens is 270 g/mol. The van der Waals surface area contributed by atoms with Gasteiger partial charge in [0, 0.05) is 11.1 Å². The van der Waals surface area contributed by atoms with Gasteiger partial charge in [0.2, 0.25) is 0 Å². The van der Waals surface area contributed by atoms with Gasteiger partial charge in [-0.2, -0.15) is 0 Å². The maximum atomic E-state index is 11.1. The number of rotatable bonds is 4. The van der Waals surface area contributed by atoms with Gasteiger partial charge in [-0.05, 0) is 37.0 Å². The zero-order chi connectivity index (χ0) is 14.7. The van der Waals surface area contributed by atoms with Crippen molar-refractivity contribution in [3.05, 3.63) is 29.3 Å². The minimum atomic E-state index is -1.08. The van der Waals surface area contributed by atoms with Crippen LogP contribution in [-0.4, -0.2) is 23.4 Å². The first-order chi connectivity index (χ1) is 10.2. The average molecular weight is 289 g/mol. The van der Waals surface area contributed by atoms with Crippen molar-refractivity contribution in [2.45, 2.75) is 38.7 Å². The van der Waals surface area contributed by atoms with Crippen LogP contribution in [0.5, 0.6) is 5.75 Å². The molecule has 5 heteroatoms. The first-order valence-electron chi connectivity index (χ1n) is 7.43. The topological polar surface area (TPSA) is 68.1 Å². The molecule has 0 unspecified atom stereocenters. The molecule has 5 nitrogen and oxygen atoms in total. The average Bonchev–Trinajstić information content (AvgIpc) is 2.53. The highest BCUT2D eigenvalue weighted by molar-refractivity contribution is 6.42. The summed E-state index contributed by atoms with van der Waals surface area (Å²) in [6, 6.07) is 5.42. The Bertz CT molecular complexity index is 561. The van der Waals surface area contributed by atoms with Crippen molar-refractivity contribution in [3.63, 3.8) is 0 Å². The molecule has 1 aromatic rings. The Balaban J connectivity index is 1.68. The van der Waals surface area contributed by atoms with Crippen LogP contribution in [0.1, 0.15) is 43.2 Å². The number of hydrogen-bond acceptors (Lipinski definition) is 4. The minimum Gasteiger partial charge on any atom is -0.493 e. The van der Waals surface area contributed by atoms with Gasteiger partial charge in [0.1, 0.15) is 12.4 Å². The van der Waals surface area contributed by atoms with E-state index in [9.17, 15) is 4.79 Å². The largest absolute Gasteiger partial charge is 0.493 e. The summed E-state index contributed by atoms with van der Waals surface area (Å²) in [5.41, 5.74) is 1.37. The van der Waals surface area contributed by atoms with Crippen LogP contribution in [0.4, 0.5) is 0 Å². The molecule has 0 amide bonds. The SMILES string of the molecule is O=C(O)C1=NOCc2cc(OCC3CCCCC3)ccc21. The fourth-order valence-corrected chi connectivity index (χ4v) is 2.95. The van der Waals surface area contributed by atoms with Crippen LogP contribution >= 0.6 is 0 Å². The predicted octanol–water partition coefficient (Wildman–Crippen LogP) is 2.96. The number of benzene rings is 1. The highest BCUT2D eigenvalue weighted by atomic mass is 16.6. The monoisotopic (exact) mass is 289 g/mol. The predicted molar refractivity (Wildman–Crippen MR) is 77.5 cm³/mol. The number of nitrogens with zero attached hydrogens (tertiary/aromatic N) is 1. The number of oxime groups is 1. The highest BCUT2D eigenvalue weighted by Gasteiger charge is 2.22. The standard InChI is InChI=1S/C16H19NO4/c18-16(19)15-14-7-6-13(8-12(14)10-21-17-15)20-9-11-4-2-1-3-5-11/h6-8,11H,1-5,9-10H2,(H,18,19). The first kappa shape index (κ1) is 13.9. The van der Waals surface area contributed by atoms with Crippen molar-refractivity contribution >= 4 is 11.7 Å². The molecule has 1 heterocycles. The van der Waals surface area contributed by atoms with Gasteiger partial charge < -0.3 is 14.7 Å². The molecule has 0 atom stereocenters. The number of hydrogen-bond donors (Lipinski definition) is 1. The van der Waals surface area contributed by atoms with Crippen LogP contribution < -0.4 is 4.74 Å². The summed E-state index contributed by atoms with van der Waals surface area (Å²) in [5.74, 6) is 0.337. The number of carboxylic acids is 1. The molecule has 112 valence electrons. The maximum absolute atomic E-state index is 11.1. The first-order valence-corrected chi connectivity index (χ1v) is 7.43. The lowest BCUT2D eigenvalue weighted by Crippen LogP contribution is -2.20. The van der Waals surface area contributed by atoms with E-state index in [2.05, 4.69) is 5.16 Å². The molecule has 0 spiro atoms. The van der Waals surface area contributed by atoms with Crippen LogP contribution in [0.15, 0.2) is 23.4 Å². The normalized spacial score (nSPS) is 18.4. The van der Waals surface area contributed by atoms with Gasteiger partial charge in [0.05, 0.1) is 6.61 Å².